The number of hydrogen-bond donors (Lipinski definition) is 0. The van der Waals surface area contributed by atoms with Crippen LogP contribution in [0.25, 0.3) is 0 Å². The summed E-state index contributed by atoms with van der Waals surface area (Å²) in [5, 5.41) is 0. The number of carbonyl (C=O) groups is 1. The highest BCUT2D eigenvalue weighted by Gasteiger charge is 2.47. The molecule has 188 valence electrons. The molecule has 6 rings (SSSR count). The minimum absolute atomic E-state index is 0.106. The molecule has 1 amide bonds. The van der Waals surface area contributed by atoms with Gasteiger partial charge < -0.3 is 9.22 Å². The van der Waals surface area contributed by atoms with Crippen LogP contribution in [-0.4, -0.2) is 42.9 Å². The largest absolute Gasteiger partial charge is 0.440 e. The number of fused-ring (bicyclic) bond motifs is 3. The van der Waals surface area contributed by atoms with E-state index in [1.807, 2.05) is 6.07 Å². The maximum Gasteiger partial charge on any atom is 0.415 e. The first-order chi connectivity index (χ1) is 17.5. The lowest BCUT2D eigenvalue weighted by molar-refractivity contribution is -0.946. The molecule has 3 saturated heterocycles. The average Bonchev–Trinajstić information content (AvgIpc) is 2.88. The van der Waals surface area contributed by atoms with Crippen LogP contribution in [0.5, 0.6) is 0 Å². The van der Waals surface area contributed by atoms with Gasteiger partial charge in [-0.3, -0.25) is 4.90 Å². The second-order valence-electron chi connectivity index (χ2n) is 10.2. The molecule has 1 atom stereocenters. The number of quaternary nitrogens is 1. The average molecular weight is 492 g/mol. The molecule has 3 aromatic carbocycles. The SMILES string of the molecule is O=C(O[C@H]1C[N+]2(CCCc3ccccc3)CCC1CC2)N(Cc1cccc(F)c1)c1cccc(F)c1. The van der Waals surface area contributed by atoms with Crippen molar-refractivity contribution in [3.63, 3.8) is 0 Å². The van der Waals surface area contributed by atoms with Gasteiger partial charge in [0.25, 0.3) is 0 Å². The quantitative estimate of drug-likeness (QED) is 0.344. The Kier molecular flexibility index (Phi) is 7.33. The van der Waals surface area contributed by atoms with Crippen LogP contribution in [-0.2, 0) is 17.7 Å². The number of aryl methyl sites for hydroxylation is 1. The molecule has 0 N–H and O–H groups in total. The highest BCUT2D eigenvalue weighted by Crippen LogP contribution is 2.36. The first kappa shape index (κ1) is 24.4. The van der Waals surface area contributed by atoms with Crippen LogP contribution < -0.4 is 4.90 Å². The molecular weight excluding hydrogens is 458 g/mol. The number of nitrogens with zero attached hydrogens (tertiary/aromatic N) is 2. The molecule has 3 aliphatic heterocycles. The molecule has 3 aromatic rings. The van der Waals surface area contributed by atoms with Crippen LogP contribution >= 0.6 is 0 Å². The van der Waals surface area contributed by atoms with E-state index in [2.05, 4.69) is 24.3 Å². The molecule has 0 saturated carbocycles. The maximum absolute atomic E-state index is 14.0. The van der Waals surface area contributed by atoms with Crippen molar-refractivity contribution in [1.82, 2.24) is 0 Å². The Bertz CT molecular complexity index is 1180. The summed E-state index contributed by atoms with van der Waals surface area (Å²) in [6.07, 6.45) is 3.58. The van der Waals surface area contributed by atoms with Gasteiger partial charge in [-0.05, 0) is 47.9 Å². The van der Waals surface area contributed by atoms with Gasteiger partial charge in [0.2, 0.25) is 0 Å². The van der Waals surface area contributed by atoms with Crippen LogP contribution in [0.15, 0.2) is 78.9 Å². The highest BCUT2D eigenvalue weighted by molar-refractivity contribution is 5.87. The lowest BCUT2D eigenvalue weighted by atomic mass is 9.83. The molecular formula is C30H33F2N2O2+. The van der Waals surface area contributed by atoms with E-state index in [4.69, 9.17) is 4.74 Å². The van der Waals surface area contributed by atoms with Crippen molar-refractivity contribution in [3.8, 4) is 0 Å². The lowest BCUT2D eigenvalue weighted by Gasteiger charge is -2.52. The normalized spacial score (nSPS) is 22.8. The molecule has 2 bridgehead atoms. The van der Waals surface area contributed by atoms with Crippen molar-refractivity contribution in [3.05, 3.63) is 102 Å². The van der Waals surface area contributed by atoms with Gasteiger partial charge in [0.1, 0.15) is 18.2 Å². The van der Waals surface area contributed by atoms with Crippen LogP contribution in [0.2, 0.25) is 0 Å². The number of halogens is 2. The van der Waals surface area contributed by atoms with E-state index >= 15 is 0 Å². The topological polar surface area (TPSA) is 29.5 Å². The van der Waals surface area contributed by atoms with Crippen molar-refractivity contribution < 1.29 is 22.8 Å². The predicted molar refractivity (Wildman–Crippen MR) is 136 cm³/mol. The summed E-state index contributed by atoms with van der Waals surface area (Å²) in [4.78, 5) is 14.9. The van der Waals surface area contributed by atoms with E-state index in [9.17, 15) is 13.6 Å². The number of ether oxygens (including phenoxy) is 1. The van der Waals surface area contributed by atoms with Gasteiger partial charge in [0.15, 0.2) is 6.10 Å². The van der Waals surface area contributed by atoms with Crippen molar-refractivity contribution in [2.24, 2.45) is 5.92 Å². The molecule has 0 aromatic heterocycles. The van der Waals surface area contributed by atoms with Crippen LogP contribution in [0.3, 0.4) is 0 Å². The molecule has 0 radical (unpaired) electrons. The fourth-order valence-corrected chi connectivity index (χ4v) is 5.85. The summed E-state index contributed by atoms with van der Waals surface area (Å²) in [7, 11) is 0. The molecule has 0 aliphatic carbocycles. The molecule has 3 fully saturated rings. The highest BCUT2D eigenvalue weighted by atomic mass is 19.1. The van der Waals surface area contributed by atoms with Crippen molar-refractivity contribution in [2.45, 2.75) is 38.3 Å². The first-order valence-electron chi connectivity index (χ1n) is 12.9. The zero-order chi connectivity index (χ0) is 25.0. The number of hydrogen-bond acceptors (Lipinski definition) is 2. The molecule has 3 aliphatic rings. The summed E-state index contributed by atoms with van der Waals surface area (Å²) >= 11 is 0. The zero-order valence-electron chi connectivity index (χ0n) is 20.5. The Hall–Kier alpha value is -3.25. The van der Waals surface area contributed by atoms with Gasteiger partial charge in [0.05, 0.1) is 31.9 Å². The van der Waals surface area contributed by atoms with Gasteiger partial charge >= 0.3 is 6.09 Å². The maximum atomic E-state index is 14.0. The number of anilines is 1. The molecule has 3 heterocycles. The number of rotatable bonds is 8. The summed E-state index contributed by atoms with van der Waals surface area (Å²) in [6.45, 7) is 4.26. The van der Waals surface area contributed by atoms with Gasteiger partial charge in [-0.15, -0.1) is 0 Å². The number of piperidine rings is 3. The van der Waals surface area contributed by atoms with Crippen molar-refractivity contribution >= 4 is 11.8 Å². The minimum atomic E-state index is -0.508. The molecule has 0 spiro atoms. The smallest absolute Gasteiger partial charge is 0.415 e. The van der Waals surface area contributed by atoms with Crippen LogP contribution in [0.4, 0.5) is 19.3 Å². The molecule has 4 nitrogen and oxygen atoms in total. The second kappa shape index (κ2) is 10.8. The van der Waals surface area contributed by atoms with E-state index in [0.29, 0.717) is 17.2 Å². The third-order valence-electron chi connectivity index (χ3n) is 7.80. The van der Waals surface area contributed by atoms with E-state index in [-0.39, 0.29) is 18.5 Å². The Morgan fingerprint density at radius 1 is 0.889 bits per heavy atom. The second-order valence-corrected chi connectivity index (χ2v) is 10.2. The Labute approximate surface area is 211 Å². The predicted octanol–water partition coefficient (Wildman–Crippen LogP) is 6.35. The lowest BCUT2D eigenvalue weighted by Crippen LogP contribution is -2.65. The molecule has 36 heavy (non-hydrogen) atoms. The summed E-state index contributed by atoms with van der Waals surface area (Å²) in [5.74, 6) is -0.457. The molecule has 0 unspecified atom stereocenters. The van der Waals surface area contributed by atoms with E-state index < -0.39 is 11.9 Å². The fraction of sp³-hybridized carbons (Fsp3) is 0.367. The Morgan fingerprint density at radius 3 is 2.31 bits per heavy atom. The number of carbonyl (C=O) groups excluding carboxylic acids is 1. The summed E-state index contributed by atoms with van der Waals surface area (Å²) in [6, 6.07) is 22.6. The van der Waals surface area contributed by atoms with E-state index in [1.165, 1.54) is 34.7 Å². The third-order valence-corrected chi connectivity index (χ3v) is 7.80. The van der Waals surface area contributed by atoms with E-state index in [1.54, 1.807) is 24.3 Å². The number of amides is 1. The fourth-order valence-electron chi connectivity index (χ4n) is 5.85. The van der Waals surface area contributed by atoms with Crippen LogP contribution in [0, 0.1) is 17.6 Å². The minimum Gasteiger partial charge on any atom is -0.440 e. The van der Waals surface area contributed by atoms with Gasteiger partial charge in [-0.1, -0.05) is 48.5 Å². The first-order valence-corrected chi connectivity index (χ1v) is 12.9. The van der Waals surface area contributed by atoms with Gasteiger partial charge in [0, 0.05) is 25.2 Å². The Balaban J connectivity index is 1.28. The standard InChI is InChI=1S/C30H33F2N2O2/c31-26-11-4-9-24(19-26)21-33(28-13-5-12-27(32)20-28)30(35)36-29-22-34(17-14-25(29)15-18-34)16-6-10-23-7-2-1-3-8-23/h1-5,7-9,11-13,19-20,25,29H,6,10,14-18,21-22H2/q+1/t25?,29-,34?/m0/s1. The zero-order valence-corrected chi connectivity index (χ0v) is 20.5. The molecule has 6 heteroatoms. The van der Waals surface area contributed by atoms with E-state index in [0.717, 1.165) is 56.3 Å². The van der Waals surface area contributed by atoms with Crippen molar-refractivity contribution in [2.75, 3.05) is 31.1 Å². The number of benzene rings is 3. The van der Waals surface area contributed by atoms with Gasteiger partial charge in [-0.2, -0.15) is 0 Å². The third kappa shape index (κ3) is 5.76. The monoisotopic (exact) mass is 491 g/mol. The van der Waals surface area contributed by atoms with Gasteiger partial charge in [-0.25, -0.2) is 13.6 Å². The van der Waals surface area contributed by atoms with Crippen molar-refractivity contribution in [1.29, 1.82) is 0 Å². The summed E-state index contributed by atoms with van der Waals surface area (Å²) in [5.41, 5.74) is 2.38. The summed E-state index contributed by atoms with van der Waals surface area (Å²) < 4.78 is 35.0. The van der Waals surface area contributed by atoms with Crippen LogP contribution in [0.1, 0.15) is 30.4 Å². The Morgan fingerprint density at radius 2 is 1.58 bits per heavy atom.